The van der Waals surface area contributed by atoms with Crippen molar-refractivity contribution >= 4 is 15.7 Å². The zero-order chi connectivity index (χ0) is 16.6. The Morgan fingerprint density at radius 3 is 2.43 bits per heavy atom. The number of rotatable bonds is 3. The Balaban J connectivity index is 2.10. The second-order valence-corrected chi connectivity index (χ2v) is 7.35. The van der Waals surface area contributed by atoms with Gasteiger partial charge in [-0.15, -0.1) is 0 Å². The van der Waals surface area contributed by atoms with Gasteiger partial charge in [0, 0.05) is 0 Å². The number of para-hydroxylation sites is 2. The lowest BCUT2D eigenvalue weighted by Crippen LogP contribution is -2.37. The van der Waals surface area contributed by atoms with E-state index in [9.17, 15) is 8.42 Å². The molecule has 0 bridgehead atoms. The van der Waals surface area contributed by atoms with Gasteiger partial charge in [0.1, 0.15) is 18.1 Å². The fourth-order valence-corrected chi connectivity index (χ4v) is 4.53. The molecule has 1 aliphatic heterocycles. The van der Waals surface area contributed by atoms with Gasteiger partial charge in [0.05, 0.1) is 24.2 Å². The highest BCUT2D eigenvalue weighted by Crippen LogP contribution is 2.36. The normalized spacial score (nSPS) is 14.1. The molecular weight excluding hydrogens is 314 g/mol. The monoisotopic (exact) mass is 333 g/mol. The van der Waals surface area contributed by atoms with Crippen LogP contribution in [0.15, 0.2) is 41.3 Å². The third kappa shape index (κ3) is 2.63. The Morgan fingerprint density at radius 2 is 1.78 bits per heavy atom. The number of anilines is 1. The minimum absolute atomic E-state index is 0.269. The molecule has 0 atom stereocenters. The van der Waals surface area contributed by atoms with E-state index in [0.717, 1.165) is 11.1 Å². The van der Waals surface area contributed by atoms with Crippen LogP contribution in [0.25, 0.3) is 0 Å². The summed E-state index contributed by atoms with van der Waals surface area (Å²) in [5, 5.41) is 0. The molecule has 0 N–H and O–H groups in total. The predicted molar refractivity (Wildman–Crippen MR) is 88.9 cm³/mol. The lowest BCUT2D eigenvalue weighted by molar-refractivity contribution is 0.316. The Morgan fingerprint density at radius 1 is 1.13 bits per heavy atom. The van der Waals surface area contributed by atoms with Crippen LogP contribution in [0.4, 0.5) is 5.69 Å². The number of sulfonamides is 1. The second-order valence-electron chi connectivity index (χ2n) is 5.48. The van der Waals surface area contributed by atoms with Gasteiger partial charge in [0.25, 0.3) is 10.0 Å². The van der Waals surface area contributed by atoms with Crippen molar-refractivity contribution in [3.8, 4) is 11.5 Å². The number of aryl methyl sites for hydroxylation is 2. The fraction of sp³-hybridized carbons (Fsp3) is 0.294. The fourth-order valence-electron chi connectivity index (χ4n) is 2.90. The van der Waals surface area contributed by atoms with Gasteiger partial charge >= 0.3 is 0 Å². The van der Waals surface area contributed by atoms with Gasteiger partial charge in [-0.05, 0) is 49.2 Å². The summed E-state index contributed by atoms with van der Waals surface area (Å²) in [7, 11) is -2.06. The van der Waals surface area contributed by atoms with Gasteiger partial charge < -0.3 is 9.47 Å². The van der Waals surface area contributed by atoms with Crippen molar-refractivity contribution in [3.63, 3.8) is 0 Å². The lowest BCUT2D eigenvalue weighted by atomic mass is 10.1. The van der Waals surface area contributed by atoms with Crippen LogP contribution in [-0.2, 0) is 10.0 Å². The van der Waals surface area contributed by atoms with Crippen LogP contribution in [0.2, 0.25) is 0 Å². The molecule has 0 saturated heterocycles. The molecule has 1 aliphatic rings. The molecule has 0 radical (unpaired) electrons. The van der Waals surface area contributed by atoms with Crippen LogP contribution < -0.4 is 13.8 Å². The molecule has 23 heavy (non-hydrogen) atoms. The Kier molecular flexibility index (Phi) is 3.93. The van der Waals surface area contributed by atoms with E-state index >= 15 is 0 Å². The first-order valence-electron chi connectivity index (χ1n) is 7.35. The van der Waals surface area contributed by atoms with E-state index in [1.165, 1.54) is 4.31 Å². The Bertz CT molecular complexity index is 822. The zero-order valence-corrected chi connectivity index (χ0v) is 14.2. The summed E-state index contributed by atoms with van der Waals surface area (Å²) in [5.74, 6) is 1.30. The third-order valence-electron chi connectivity index (χ3n) is 3.91. The summed E-state index contributed by atoms with van der Waals surface area (Å²) >= 11 is 0. The van der Waals surface area contributed by atoms with Gasteiger partial charge in [0.2, 0.25) is 0 Å². The first-order chi connectivity index (χ1) is 10.9. The van der Waals surface area contributed by atoms with Crippen molar-refractivity contribution in [2.75, 3.05) is 24.6 Å². The molecule has 122 valence electrons. The Hall–Kier alpha value is -2.21. The number of ether oxygens (including phenoxy) is 2. The van der Waals surface area contributed by atoms with E-state index in [1.54, 1.807) is 37.4 Å². The molecule has 0 spiro atoms. The number of fused-ring (bicyclic) bond motifs is 1. The molecule has 0 fully saturated rings. The van der Waals surface area contributed by atoms with Crippen molar-refractivity contribution in [3.05, 3.63) is 47.5 Å². The number of benzene rings is 2. The third-order valence-corrected chi connectivity index (χ3v) is 5.70. The van der Waals surface area contributed by atoms with Crippen molar-refractivity contribution in [1.82, 2.24) is 0 Å². The molecule has 0 aliphatic carbocycles. The number of nitrogens with zero attached hydrogens (tertiary/aromatic N) is 1. The summed E-state index contributed by atoms with van der Waals surface area (Å²) in [4.78, 5) is 0.269. The standard InChI is InChI=1S/C17H19NO4S/c1-12-10-14(11-13(2)17(12)21-3)23(19,20)18-8-9-22-16-7-5-4-6-15(16)18/h4-7,10-11H,8-9H2,1-3H3. The topological polar surface area (TPSA) is 55.8 Å². The van der Waals surface area contributed by atoms with Crippen LogP contribution >= 0.6 is 0 Å². The minimum atomic E-state index is -3.65. The number of hydrogen-bond acceptors (Lipinski definition) is 4. The summed E-state index contributed by atoms with van der Waals surface area (Å²) < 4.78 is 38.4. The highest BCUT2D eigenvalue weighted by molar-refractivity contribution is 7.92. The summed E-state index contributed by atoms with van der Waals surface area (Å²) in [6.07, 6.45) is 0. The molecule has 0 saturated carbocycles. The molecule has 5 nitrogen and oxygen atoms in total. The Labute approximate surface area is 136 Å². The largest absolute Gasteiger partial charge is 0.496 e. The summed E-state index contributed by atoms with van der Waals surface area (Å²) in [5.41, 5.74) is 2.17. The van der Waals surface area contributed by atoms with Crippen molar-refractivity contribution in [2.24, 2.45) is 0 Å². The maximum Gasteiger partial charge on any atom is 0.264 e. The van der Waals surface area contributed by atoms with Crippen LogP contribution in [0.5, 0.6) is 11.5 Å². The van der Waals surface area contributed by atoms with Crippen LogP contribution in [-0.4, -0.2) is 28.7 Å². The molecule has 6 heteroatoms. The van der Waals surface area contributed by atoms with Crippen LogP contribution in [0, 0.1) is 13.8 Å². The zero-order valence-electron chi connectivity index (χ0n) is 13.4. The smallest absolute Gasteiger partial charge is 0.264 e. The first-order valence-corrected chi connectivity index (χ1v) is 8.79. The molecule has 2 aromatic rings. The average Bonchev–Trinajstić information content (AvgIpc) is 2.54. The van der Waals surface area contributed by atoms with E-state index in [2.05, 4.69) is 0 Å². The van der Waals surface area contributed by atoms with Gasteiger partial charge in [-0.2, -0.15) is 0 Å². The molecule has 1 heterocycles. The minimum Gasteiger partial charge on any atom is -0.496 e. The quantitative estimate of drug-likeness (QED) is 0.867. The highest BCUT2D eigenvalue weighted by Gasteiger charge is 2.30. The van der Waals surface area contributed by atoms with Crippen LogP contribution in [0.1, 0.15) is 11.1 Å². The van der Waals surface area contributed by atoms with Crippen LogP contribution in [0.3, 0.4) is 0 Å². The van der Waals surface area contributed by atoms with E-state index in [4.69, 9.17) is 9.47 Å². The average molecular weight is 333 g/mol. The van der Waals surface area contributed by atoms with Gasteiger partial charge in [-0.25, -0.2) is 8.42 Å². The molecule has 3 rings (SSSR count). The van der Waals surface area contributed by atoms with E-state index in [1.807, 2.05) is 19.9 Å². The molecule has 0 aromatic heterocycles. The van der Waals surface area contributed by atoms with E-state index < -0.39 is 10.0 Å². The molecule has 0 unspecified atom stereocenters. The molecular formula is C17H19NO4S. The van der Waals surface area contributed by atoms with Gasteiger partial charge in [-0.1, -0.05) is 12.1 Å². The van der Waals surface area contributed by atoms with Crippen molar-refractivity contribution < 1.29 is 17.9 Å². The molecule has 2 aromatic carbocycles. The summed E-state index contributed by atoms with van der Waals surface area (Å²) in [6, 6.07) is 10.5. The number of hydrogen-bond donors (Lipinski definition) is 0. The predicted octanol–water partition coefficient (Wildman–Crippen LogP) is 2.90. The SMILES string of the molecule is COc1c(C)cc(S(=O)(=O)N2CCOc3ccccc32)cc1C. The van der Waals surface area contributed by atoms with Gasteiger partial charge in [-0.3, -0.25) is 4.31 Å². The highest BCUT2D eigenvalue weighted by atomic mass is 32.2. The maximum absolute atomic E-state index is 13.1. The second kappa shape index (κ2) is 5.77. The van der Waals surface area contributed by atoms with Crippen molar-refractivity contribution in [1.29, 1.82) is 0 Å². The van der Waals surface area contributed by atoms with E-state index in [0.29, 0.717) is 30.3 Å². The summed E-state index contributed by atoms with van der Waals surface area (Å²) in [6.45, 7) is 4.32. The molecule has 0 amide bonds. The first kappa shape index (κ1) is 15.7. The van der Waals surface area contributed by atoms with Gasteiger partial charge in [0.15, 0.2) is 0 Å². The number of methoxy groups -OCH3 is 1. The lowest BCUT2D eigenvalue weighted by Gasteiger charge is -2.30. The van der Waals surface area contributed by atoms with Crippen molar-refractivity contribution in [2.45, 2.75) is 18.7 Å². The van der Waals surface area contributed by atoms with E-state index in [-0.39, 0.29) is 4.90 Å². The maximum atomic E-state index is 13.1.